The van der Waals surface area contributed by atoms with E-state index < -0.39 is 23.0 Å². The number of nitrogens with one attached hydrogen (secondary N) is 3. The third-order valence-electron chi connectivity index (χ3n) is 6.42. The van der Waals surface area contributed by atoms with Gasteiger partial charge in [-0.15, -0.1) is 0 Å². The lowest BCUT2D eigenvalue weighted by Gasteiger charge is -2.35. The van der Waals surface area contributed by atoms with Gasteiger partial charge in [-0.1, -0.05) is 18.2 Å². The molecule has 34 heavy (non-hydrogen) atoms. The number of methoxy groups -OCH3 is 2. The van der Waals surface area contributed by atoms with Gasteiger partial charge in [0.05, 0.1) is 19.8 Å². The van der Waals surface area contributed by atoms with Gasteiger partial charge in [-0.25, -0.2) is 9.18 Å². The molecular formula is C25H22FN3O5. The Balaban J connectivity index is 1.63. The monoisotopic (exact) mass is 463 g/mol. The van der Waals surface area contributed by atoms with Crippen LogP contribution in [-0.2, 0) is 4.79 Å². The van der Waals surface area contributed by atoms with E-state index in [4.69, 9.17) is 9.47 Å². The number of ketones is 1. The molecule has 0 bridgehead atoms. The summed E-state index contributed by atoms with van der Waals surface area (Å²) >= 11 is 0. The lowest BCUT2D eigenvalue weighted by atomic mass is 9.72. The van der Waals surface area contributed by atoms with E-state index in [9.17, 15) is 18.8 Å². The Morgan fingerprint density at radius 2 is 1.59 bits per heavy atom. The van der Waals surface area contributed by atoms with Crippen LogP contribution in [0.15, 0.2) is 63.3 Å². The first-order valence-corrected chi connectivity index (χ1v) is 10.8. The first-order valence-electron chi connectivity index (χ1n) is 10.8. The van der Waals surface area contributed by atoms with Crippen LogP contribution in [0, 0.1) is 5.82 Å². The first-order chi connectivity index (χ1) is 16.4. The maximum Gasteiger partial charge on any atom is 0.327 e. The molecular weight excluding hydrogens is 441 g/mol. The van der Waals surface area contributed by atoms with Gasteiger partial charge in [0.25, 0.3) is 5.56 Å². The molecule has 3 N–H and O–H groups in total. The van der Waals surface area contributed by atoms with Crippen LogP contribution in [0.4, 0.5) is 10.2 Å². The van der Waals surface area contributed by atoms with E-state index in [0.29, 0.717) is 34.8 Å². The fourth-order valence-corrected chi connectivity index (χ4v) is 4.88. The second-order valence-corrected chi connectivity index (χ2v) is 8.34. The van der Waals surface area contributed by atoms with Gasteiger partial charge < -0.3 is 14.8 Å². The van der Waals surface area contributed by atoms with Gasteiger partial charge in [0, 0.05) is 23.6 Å². The number of carbonyl (C=O) groups is 1. The van der Waals surface area contributed by atoms with Crippen LogP contribution in [-0.4, -0.2) is 30.0 Å². The third kappa shape index (κ3) is 3.59. The molecule has 2 aromatic carbocycles. The Morgan fingerprint density at radius 1 is 0.882 bits per heavy atom. The Bertz CT molecular complexity index is 1440. The fraction of sp³-hybridized carbons (Fsp3) is 0.240. The lowest BCUT2D eigenvalue weighted by Crippen LogP contribution is -2.37. The third-order valence-corrected chi connectivity index (χ3v) is 6.42. The van der Waals surface area contributed by atoms with Crippen molar-refractivity contribution in [2.24, 2.45) is 0 Å². The number of allylic oxidation sites excluding steroid dienone is 2. The summed E-state index contributed by atoms with van der Waals surface area (Å²) in [6.07, 6.45) is 0.701. The van der Waals surface area contributed by atoms with E-state index in [0.717, 1.165) is 5.56 Å². The SMILES string of the molecule is COc1ccc([C@H]2CC(=O)C3=C(C2)Nc2[nH]c(=O)[nH]c(=O)c2[C@H]3c2ccc(F)cc2)cc1OC. The number of fused-ring (bicyclic) bond motifs is 1. The highest BCUT2D eigenvalue weighted by Crippen LogP contribution is 2.46. The second-order valence-electron chi connectivity index (χ2n) is 8.34. The number of benzene rings is 2. The van der Waals surface area contributed by atoms with E-state index >= 15 is 0 Å². The number of aromatic nitrogens is 2. The molecule has 0 fully saturated rings. The molecule has 0 saturated heterocycles. The molecule has 5 rings (SSSR count). The molecule has 2 atom stereocenters. The summed E-state index contributed by atoms with van der Waals surface area (Å²) in [5.74, 6) is -0.0397. The molecule has 1 aliphatic carbocycles. The van der Waals surface area contributed by atoms with Crippen molar-refractivity contribution in [1.29, 1.82) is 0 Å². The fourth-order valence-electron chi connectivity index (χ4n) is 4.88. The Morgan fingerprint density at radius 3 is 2.29 bits per heavy atom. The van der Waals surface area contributed by atoms with E-state index in [1.807, 2.05) is 12.1 Å². The summed E-state index contributed by atoms with van der Waals surface area (Å²) < 4.78 is 24.3. The first kappa shape index (κ1) is 21.7. The minimum atomic E-state index is -0.730. The van der Waals surface area contributed by atoms with Crippen molar-refractivity contribution in [3.8, 4) is 11.5 Å². The minimum Gasteiger partial charge on any atom is -0.493 e. The van der Waals surface area contributed by atoms with Crippen LogP contribution in [0.25, 0.3) is 0 Å². The maximum absolute atomic E-state index is 13.6. The number of anilines is 1. The average Bonchev–Trinajstić information content (AvgIpc) is 2.82. The van der Waals surface area contributed by atoms with Gasteiger partial charge in [-0.05, 0) is 47.7 Å². The Hall–Kier alpha value is -4.14. The Kier molecular flexibility index (Phi) is 5.31. The summed E-state index contributed by atoms with van der Waals surface area (Å²) in [6, 6.07) is 11.2. The molecule has 8 nitrogen and oxygen atoms in total. The molecule has 0 amide bonds. The van der Waals surface area contributed by atoms with Gasteiger partial charge >= 0.3 is 5.69 Å². The molecule has 0 unspecified atom stereocenters. The largest absolute Gasteiger partial charge is 0.493 e. The number of carbonyl (C=O) groups excluding carboxylic acids is 1. The van der Waals surface area contributed by atoms with Crippen molar-refractivity contribution < 1.29 is 18.7 Å². The maximum atomic E-state index is 13.6. The number of H-pyrrole nitrogens is 2. The smallest absolute Gasteiger partial charge is 0.327 e. The molecule has 2 heterocycles. The summed E-state index contributed by atoms with van der Waals surface area (Å²) in [5.41, 5.74) is 1.55. The zero-order valence-corrected chi connectivity index (χ0v) is 18.5. The molecule has 1 aromatic heterocycles. The normalized spacial score (nSPS) is 19.2. The van der Waals surface area contributed by atoms with Gasteiger partial charge in [-0.3, -0.25) is 19.6 Å². The van der Waals surface area contributed by atoms with Gasteiger partial charge in [0.1, 0.15) is 11.6 Å². The molecule has 3 aromatic rings. The highest BCUT2D eigenvalue weighted by atomic mass is 19.1. The number of Topliss-reactive ketones (excluding diaryl/α,β-unsaturated/α-hetero) is 1. The predicted octanol–water partition coefficient (Wildman–Crippen LogP) is 3.18. The molecule has 0 radical (unpaired) electrons. The molecule has 0 saturated carbocycles. The number of hydrogen-bond donors (Lipinski definition) is 3. The lowest BCUT2D eigenvalue weighted by molar-refractivity contribution is -0.116. The zero-order valence-electron chi connectivity index (χ0n) is 18.5. The van der Waals surface area contributed by atoms with E-state index in [1.54, 1.807) is 32.4 Å². The molecule has 174 valence electrons. The molecule has 9 heteroatoms. The van der Waals surface area contributed by atoms with Crippen LogP contribution in [0.2, 0.25) is 0 Å². The summed E-state index contributed by atoms with van der Waals surface area (Å²) in [4.78, 5) is 43.2. The number of halogens is 1. The van der Waals surface area contributed by atoms with Crippen LogP contribution in [0.5, 0.6) is 11.5 Å². The zero-order chi connectivity index (χ0) is 24.0. The quantitative estimate of drug-likeness (QED) is 0.548. The molecule has 2 aliphatic rings. The topological polar surface area (TPSA) is 113 Å². The van der Waals surface area contributed by atoms with Crippen molar-refractivity contribution in [1.82, 2.24) is 9.97 Å². The van der Waals surface area contributed by atoms with Crippen LogP contribution in [0.1, 0.15) is 41.4 Å². The van der Waals surface area contributed by atoms with Crippen LogP contribution in [0.3, 0.4) is 0 Å². The van der Waals surface area contributed by atoms with Crippen LogP contribution >= 0.6 is 0 Å². The van der Waals surface area contributed by atoms with Crippen molar-refractivity contribution >= 4 is 11.6 Å². The standard InChI is InChI=1S/C25H22FN3O5/c1-33-18-8-5-13(11-19(18)34-2)14-9-16-21(17(30)10-14)20(12-3-6-15(26)7-4-12)22-23(27-16)28-25(32)29-24(22)31/h3-8,11,14,20H,9-10H2,1-2H3,(H3,27,28,29,31,32)/t14-,20+/m1/s1. The van der Waals surface area contributed by atoms with Gasteiger partial charge in [-0.2, -0.15) is 0 Å². The van der Waals surface area contributed by atoms with Gasteiger partial charge in [0.2, 0.25) is 0 Å². The second kappa shape index (κ2) is 8.33. The summed E-state index contributed by atoms with van der Waals surface area (Å²) in [7, 11) is 3.11. The van der Waals surface area contributed by atoms with Crippen molar-refractivity contribution in [2.45, 2.75) is 24.7 Å². The van der Waals surface area contributed by atoms with Crippen molar-refractivity contribution in [2.75, 3.05) is 19.5 Å². The summed E-state index contributed by atoms with van der Waals surface area (Å²) in [6.45, 7) is 0. The summed E-state index contributed by atoms with van der Waals surface area (Å²) in [5, 5.41) is 3.13. The minimum absolute atomic E-state index is 0.126. The highest BCUT2D eigenvalue weighted by molar-refractivity contribution is 6.01. The number of hydrogen-bond acceptors (Lipinski definition) is 6. The molecule has 0 spiro atoms. The predicted molar refractivity (Wildman–Crippen MR) is 123 cm³/mol. The average molecular weight is 463 g/mol. The van der Waals surface area contributed by atoms with Crippen molar-refractivity contribution in [3.63, 3.8) is 0 Å². The van der Waals surface area contributed by atoms with Crippen molar-refractivity contribution in [3.05, 3.63) is 97.1 Å². The number of ether oxygens (including phenoxy) is 2. The van der Waals surface area contributed by atoms with Gasteiger partial charge in [0.15, 0.2) is 17.3 Å². The molecule has 1 aliphatic heterocycles. The number of rotatable bonds is 4. The number of aromatic amines is 2. The van der Waals surface area contributed by atoms with Crippen LogP contribution < -0.4 is 26.0 Å². The van der Waals surface area contributed by atoms with E-state index in [-0.39, 0.29) is 29.5 Å². The van der Waals surface area contributed by atoms with E-state index in [2.05, 4.69) is 15.3 Å². The van der Waals surface area contributed by atoms with E-state index in [1.165, 1.54) is 12.1 Å². The Labute approximate surface area is 193 Å². The highest BCUT2D eigenvalue weighted by Gasteiger charge is 2.40.